The molecule has 2 rings (SSSR count). The molecular weight excluding hydrogens is 328 g/mol. The predicted molar refractivity (Wildman–Crippen MR) is 94.7 cm³/mol. The lowest BCUT2D eigenvalue weighted by Gasteiger charge is -2.14. The highest BCUT2D eigenvalue weighted by Crippen LogP contribution is 2.20. The first-order valence-electron chi connectivity index (χ1n) is 7.91. The molecule has 0 saturated carbocycles. The summed E-state index contributed by atoms with van der Waals surface area (Å²) < 4.78 is 6.22. The smallest absolute Gasteiger partial charge is 0.337 e. The van der Waals surface area contributed by atoms with Gasteiger partial charge in [0.15, 0.2) is 5.16 Å². The molecule has 7 heteroatoms. The summed E-state index contributed by atoms with van der Waals surface area (Å²) in [5.41, 5.74) is 0.606. The van der Waals surface area contributed by atoms with E-state index < -0.39 is 12.1 Å². The van der Waals surface area contributed by atoms with Crippen molar-refractivity contribution in [2.45, 2.75) is 44.5 Å². The molecule has 1 heterocycles. The van der Waals surface area contributed by atoms with Crippen molar-refractivity contribution in [2.75, 3.05) is 12.9 Å². The molecule has 6 nitrogen and oxygen atoms in total. The maximum Gasteiger partial charge on any atom is 0.337 e. The van der Waals surface area contributed by atoms with Crippen molar-refractivity contribution in [3.63, 3.8) is 0 Å². The number of nitrogens with zero attached hydrogens (tertiary/aromatic N) is 2. The fourth-order valence-corrected chi connectivity index (χ4v) is 3.38. The summed E-state index contributed by atoms with van der Waals surface area (Å²) in [6, 6.07) is 4.70. The fourth-order valence-electron chi connectivity index (χ4n) is 2.29. The highest BCUT2D eigenvalue weighted by molar-refractivity contribution is 7.99. The Labute approximate surface area is 144 Å². The van der Waals surface area contributed by atoms with Crippen molar-refractivity contribution >= 4 is 28.6 Å². The lowest BCUT2D eigenvalue weighted by Crippen LogP contribution is -2.28. The molecule has 0 saturated heterocycles. The fraction of sp³-hybridized carbons (Fsp3) is 0.471. The number of aromatic nitrogens is 2. The first-order chi connectivity index (χ1) is 11.5. The Balaban J connectivity index is 2.56. The summed E-state index contributed by atoms with van der Waals surface area (Å²) >= 11 is 1.49. The number of rotatable bonds is 7. The molecule has 1 aromatic heterocycles. The molecule has 1 N–H and O–H groups in total. The Kier molecular flexibility index (Phi) is 6.39. The SMILES string of the molecule is CCCCSc1nc2cc(C(=O)OC)ccc2c(=O)n1C[C@@H](C)O. The van der Waals surface area contributed by atoms with E-state index in [1.807, 2.05) is 0 Å². The van der Waals surface area contributed by atoms with Crippen molar-refractivity contribution < 1.29 is 14.6 Å². The molecule has 0 aliphatic heterocycles. The number of esters is 1. The Bertz CT molecular complexity index is 786. The summed E-state index contributed by atoms with van der Waals surface area (Å²) in [6.07, 6.45) is 1.41. The number of unbranched alkanes of at least 4 members (excludes halogenated alkanes) is 1. The summed E-state index contributed by atoms with van der Waals surface area (Å²) in [6.45, 7) is 3.92. The number of methoxy groups -OCH3 is 1. The minimum absolute atomic E-state index is 0.189. The van der Waals surface area contributed by atoms with Gasteiger partial charge in [-0.15, -0.1) is 0 Å². The lowest BCUT2D eigenvalue weighted by atomic mass is 10.1. The van der Waals surface area contributed by atoms with Crippen LogP contribution in [0.4, 0.5) is 0 Å². The van der Waals surface area contributed by atoms with Crippen molar-refractivity contribution in [2.24, 2.45) is 0 Å². The standard InChI is InChI=1S/C17H22N2O4S/c1-4-5-8-24-17-18-14-9-12(16(22)23-3)6-7-13(14)15(21)19(17)10-11(2)20/h6-7,9,11,20H,4-5,8,10H2,1-3H3/t11-/m1/s1. The maximum absolute atomic E-state index is 12.8. The minimum Gasteiger partial charge on any atom is -0.465 e. The van der Waals surface area contributed by atoms with Crippen molar-refractivity contribution in [3.05, 3.63) is 34.1 Å². The van der Waals surface area contributed by atoms with E-state index in [1.54, 1.807) is 25.1 Å². The Hall–Kier alpha value is -1.86. The third kappa shape index (κ3) is 4.15. The largest absolute Gasteiger partial charge is 0.465 e. The molecule has 0 amide bonds. The van der Waals surface area contributed by atoms with Crippen molar-refractivity contribution in [3.8, 4) is 0 Å². The highest BCUT2D eigenvalue weighted by atomic mass is 32.2. The zero-order chi connectivity index (χ0) is 17.7. The van der Waals surface area contributed by atoms with Crippen LogP contribution in [-0.2, 0) is 11.3 Å². The molecule has 0 bridgehead atoms. The van der Waals surface area contributed by atoms with Crippen LogP contribution in [0.5, 0.6) is 0 Å². The van der Waals surface area contributed by atoms with Crippen molar-refractivity contribution in [1.82, 2.24) is 9.55 Å². The third-order valence-corrected chi connectivity index (χ3v) is 4.58. The topological polar surface area (TPSA) is 81.4 Å². The number of hydrogen-bond acceptors (Lipinski definition) is 6. The zero-order valence-electron chi connectivity index (χ0n) is 14.1. The van der Waals surface area contributed by atoms with Gasteiger partial charge < -0.3 is 9.84 Å². The van der Waals surface area contributed by atoms with Gasteiger partial charge in [-0.25, -0.2) is 9.78 Å². The zero-order valence-corrected chi connectivity index (χ0v) is 14.9. The van der Waals surface area contributed by atoms with Gasteiger partial charge in [-0.3, -0.25) is 9.36 Å². The van der Waals surface area contributed by atoms with Gasteiger partial charge in [0, 0.05) is 5.75 Å². The number of hydrogen-bond donors (Lipinski definition) is 1. The Morgan fingerprint density at radius 3 is 2.83 bits per heavy atom. The van der Waals surface area contributed by atoms with E-state index in [-0.39, 0.29) is 12.1 Å². The predicted octanol–water partition coefficient (Wildman–Crippen LogP) is 2.46. The number of aliphatic hydroxyl groups excluding tert-OH is 1. The van der Waals surface area contributed by atoms with Crippen LogP contribution in [0.15, 0.2) is 28.2 Å². The molecule has 2 aromatic rings. The molecule has 130 valence electrons. The maximum atomic E-state index is 12.8. The van der Waals surface area contributed by atoms with E-state index >= 15 is 0 Å². The van der Waals surface area contributed by atoms with Crippen molar-refractivity contribution in [1.29, 1.82) is 0 Å². The molecule has 1 aromatic carbocycles. The van der Waals surface area contributed by atoms with Crippen LogP contribution in [0.1, 0.15) is 37.0 Å². The van der Waals surface area contributed by atoms with Gasteiger partial charge in [0.1, 0.15) is 0 Å². The van der Waals surface area contributed by atoms with Crippen LogP contribution >= 0.6 is 11.8 Å². The van der Waals surface area contributed by atoms with E-state index in [1.165, 1.54) is 23.4 Å². The molecule has 24 heavy (non-hydrogen) atoms. The van der Waals surface area contributed by atoms with E-state index in [2.05, 4.69) is 11.9 Å². The average molecular weight is 350 g/mol. The van der Waals surface area contributed by atoms with Crippen LogP contribution in [0.25, 0.3) is 10.9 Å². The van der Waals surface area contributed by atoms with Gasteiger partial charge in [0.05, 0.1) is 36.2 Å². The number of carbonyl (C=O) groups excluding carboxylic acids is 1. The number of aliphatic hydroxyl groups is 1. The average Bonchev–Trinajstić information content (AvgIpc) is 2.56. The molecule has 0 spiro atoms. The number of fused-ring (bicyclic) bond motifs is 1. The van der Waals surface area contributed by atoms with Gasteiger partial charge in [-0.2, -0.15) is 0 Å². The van der Waals surface area contributed by atoms with Gasteiger partial charge >= 0.3 is 5.97 Å². The quantitative estimate of drug-likeness (QED) is 0.357. The summed E-state index contributed by atoms with van der Waals surface area (Å²) in [4.78, 5) is 29.0. The highest BCUT2D eigenvalue weighted by Gasteiger charge is 2.15. The van der Waals surface area contributed by atoms with Crippen LogP contribution in [0, 0.1) is 0 Å². The van der Waals surface area contributed by atoms with E-state index in [9.17, 15) is 14.7 Å². The minimum atomic E-state index is -0.651. The molecular formula is C17H22N2O4S. The molecule has 0 aliphatic rings. The number of carbonyl (C=O) groups is 1. The summed E-state index contributed by atoms with van der Waals surface area (Å²) in [5.74, 6) is 0.373. The van der Waals surface area contributed by atoms with Gasteiger partial charge in [0.25, 0.3) is 5.56 Å². The van der Waals surface area contributed by atoms with Gasteiger partial charge in [-0.05, 0) is 31.5 Å². The van der Waals surface area contributed by atoms with E-state index in [0.717, 1.165) is 18.6 Å². The number of thioether (sulfide) groups is 1. The molecule has 1 atom stereocenters. The van der Waals surface area contributed by atoms with Crippen LogP contribution in [0.3, 0.4) is 0 Å². The second-order valence-corrected chi connectivity index (χ2v) is 6.65. The second kappa shape index (κ2) is 8.30. The third-order valence-electron chi connectivity index (χ3n) is 3.52. The first kappa shape index (κ1) is 18.5. The molecule has 0 fully saturated rings. The second-order valence-electron chi connectivity index (χ2n) is 5.58. The number of benzene rings is 1. The summed E-state index contributed by atoms with van der Waals surface area (Å²) in [5, 5.41) is 10.7. The van der Waals surface area contributed by atoms with Gasteiger partial charge in [0.2, 0.25) is 0 Å². The van der Waals surface area contributed by atoms with Crippen LogP contribution in [0.2, 0.25) is 0 Å². The summed E-state index contributed by atoms with van der Waals surface area (Å²) in [7, 11) is 1.31. The van der Waals surface area contributed by atoms with Crippen LogP contribution < -0.4 is 5.56 Å². The lowest BCUT2D eigenvalue weighted by molar-refractivity contribution is 0.0601. The molecule has 0 aliphatic carbocycles. The van der Waals surface area contributed by atoms with Gasteiger partial charge in [-0.1, -0.05) is 25.1 Å². The normalized spacial score (nSPS) is 12.3. The monoisotopic (exact) mass is 350 g/mol. The van der Waals surface area contributed by atoms with E-state index in [0.29, 0.717) is 21.6 Å². The Morgan fingerprint density at radius 2 is 2.21 bits per heavy atom. The molecule has 0 unspecified atom stereocenters. The Morgan fingerprint density at radius 1 is 1.46 bits per heavy atom. The van der Waals surface area contributed by atoms with Crippen LogP contribution in [-0.4, -0.2) is 39.6 Å². The first-order valence-corrected chi connectivity index (χ1v) is 8.90. The number of ether oxygens (including phenoxy) is 1. The van der Waals surface area contributed by atoms with E-state index in [4.69, 9.17) is 4.74 Å². The molecule has 0 radical (unpaired) electrons.